The quantitative estimate of drug-likeness (QED) is 0.338. The number of rotatable bonds is 6. The molecule has 0 radical (unpaired) electrons. The first-order valence-electron chi connectivity index (χ1n) is 8.57. The van der Waals surface area contributed by atoms with Crippen molar-refractivity contribution >= 4 is 17.8 Å². The average Bonchev–Trinajstić information content (AvgIpc) is 2.75. The Bertz CT molecular complexity index is 1010. The van der Waals surface area contributed by atoms with Crippen LogP contribution in [0.3, 0.4) is 0 Å². The maximum Gasteiger partial charge on any atom is 0.311 e. The number of hydrogen-bond donors (Lipinski definition) is 3. The van der Waals surface area contributed by atoms with Crippen molar-refractivity contribution in [1.29, 1.82) is 0 Å². The van der Waals surface area contributed by atoms with Gasteiger partial charge in [-0.05, 0) is 23.3 Å². The van der Waals surface area contributed by atoms with Crippen molar-refractivity contribution in [3.63, 3.8) is 0 Å². The molecule has 0 aromatic heterocycles. The van der Waals surface area contributed by atoms with Crippen LogP contribution in [-0.2, 0) is 10.4 Å². The van der Waals surface area contributed by atoms with E-state index in [4.69, 9.17) is 0 Å². The standard InChI is InChI=1S/C21H17N3O5/c25-19-12-11-15(13-18(19)24(28)29)14-22-23-20(26)21(27,16-7-3-1-4-8-16)17-9-5-2-6-10-17/h1-14,25,27H,(H,23,26)/b22-14-. The van der Waals surface area contributed by atoms with Crippen molar-refractivity contribution in [1.82, 2.24) is 5.43 Å². The Labute approximate surface area is 165 Å². The maximum absolute atomic E-state index is 12.9. The highest BCUT2D eigenvalue weighted by Crippen LogP contribution is 2.30. The van der Waals surface area contributed by atoms with Gasteiger partial charge in [-0.15, -0.1) is 0 Å². The van der Waals surface area contributed by atoms with Crippen LogP contribution in [0.25, 0.3) is 0 Å². The lowest BCUT2D eigenvalue weighted by Gasteiger charge is -2.27. The fourth-order valence-corrected chi connectivity index (χ4v) is 2.80. The van der Waals surface area contributed by atoms with Gasteiger partial charge in [-0.2, -0.15) is 5.10 Å². The number of nitro benzene ring substituents is 1. The van der Waals surface area contributed by atoms with Crippen LogP contribution in [0.5, 0.6) is 5.75 Å². The Morgan fingerprint density at radius 1 is 1.00 bits per heavy atom. The molecule has 1 amide bonds. The van der Waals surface area contributed by atoms with Crippen LogP contribution >= 0.6 is 0 Å². The fraction of sp³-hybridized carbons (Fsp3) is 0.0476. The molecule has 0 fully saturated rings. The summed E-state index contributed by atoms with van der Waals surface area (Å²) in [5, 5.41) is 35.5. The molecule has 0 aliphatic carbocycles. The van der Waals surface area contributed by atoms with E-state index in [2.05, 4.69) is 10.5 Å². The number of nitrogens with one attached hydrogen (secondary N) is 1. The number of hydrazone groups is 1. The monoisotopic (exact) mass is 391 g/mol. The molecule has 3 N–H and O–H groups in total. The zero-order chi connectivity index (χ0) is 20.9. The minimum Gasteiger partial charge on any atom is -0.502 e. The molecule has 8 nitrogen and oxygen atoms in total. The number of phenolic OH excluding ortho intramolecular Hbond substituents is 1. The van der Waals surface area contributed by atoms with Crippen LogP contribution in [0.2, 0.25) is 0 Å². The summed E-state index contributed by atoms with van der Waals surface area (Å²) >= 11 is 0. The highest BCUT2D eigenvalue weighted by molar-refractivity contribution is 5.91. The zero-order valence-corrected chi connectivity index (χ0v) is 15.1. The topological polar surface area (TPSA) is 125 Å². The van der Waals surface area contributed by atoms with Crippen molar-refractivity contribution in [2.24, 2.45) is 5.10 Å². The van der Waals surface area contributed by atoms with Crippen molar-refractivity contribution in [3.05, 3.63) is 106 Å². The summed E-state index contributed by atoms with van der Waals surface area (Å²) in [6.45, 7) is 0. The molecule has 0 heterocycles. The van der Waals surface area contributed by atoms with Crippen LogP contribution in [0, 0.1) is 10.1 Å². The molecule has 0 saturated carbocycles. The Kier molecular flexibility index (Phi) is 5.66. The minimum atomic E-state index is -1.99. The number of benzene rings is 3. The number of carbonyl (C=O) groups excluding carboxylic acids is 1. The number of nitro groups is 1. The van der Waals surface area contributed by atoms with Gasteiger partial charge in [0.25, 0.3) is 5.91 Å². The molecule has 29 heavy (non-hydrogen) atoms. The molecule has 3 rings (SSSR count). The molecule has 0 atom stereocenters. The molecule has 0 aliphatic rings. The summed E-state index contributed by atoms with van der Waals surface area (Å²) in [4.78, 5) is 23.0. The highest BCUT2D eigenvalue weighted by Gasteiger charge is 2.39. The molecule has 0 spiro atoms. The van der Waals surface area contributed by atoms with Gasteiger partial charge >= 0.3 is 5.69 Å². The van der Waals surface area contributed by atoms with E-state index in [1.54, 1.807) is 60.7 Å². The summed E-state index contributed by atoms with van der Waals surface area (Å²) < 4.78 is 0. The van der Waals surface area contributed by atoms with Crippen LogP contribution in [0.4, 0.5) is 5.69 Å². The second-order valence-electron chi connectivity index (χ2n) is 6.15. The third kappa shape index (κ3) is 4.12. The van der Waals surface area contributed by atoms with Gasteiger partial charge in [0, 0.05) is 11.6 Å². The lowest BCUT2D eigenvalue weighted by atomic mass is 9.85. The Balaban J connectivity index is 1.88. The number of carbonyl (C=O) groups is 1. The van der Waals surface area contributed by atoms with Crippen molar-refractivity contribution in [3.8, 4) is 5.75 Å². The molecule has 0 saturated heterocycles. The van der Waals surface area contributed by atoms with Crippen LogP contribution in [0.1, 0.15) is 16.7 Å². The van der Waals surface area contributed by atoms with Gasteiger partial charge < -0.3 is 10.2 Å². The van der Waals surface area contributed by atoms with Gasteiger partial charge in [-0.25, -0.2) is 5.43 Å². The lowest BCUT2D eigenvalue weighted by molar-refractivity contribution is -0.385. The molecule has 8 heteroatoms. The third-order valence-electron chi connectivity index (χ3n) is 4.29. The largest absolute Gasteiger partial charge is 0.502 e. The minimum absolute atomic E-state index is 0.290. The van der Waals surface area contributed by atoms with Crippen LogP contribution in [0.15, 0.2) is 84.0 Å². The van der Waals surface area contributed by atoms with Gasteiger partial charge in [-0.3, -0.25) is 14.9 Å². The van der Waals surface area contributed by atoms with Gasteiger partial charge in [-0.1, -0.05) is 60.7 Å². The summed E-state index contributed by atoms with van der Waals surface area (Å²) in [6, 6.07) is 20.5. The predicted octanol–water partition coefficient (Wildman–Crippen LogP) is 2.69. The highest BCUT2D eigenvalue weighted by atomic mass is 16.6. The van der Waals surface area contributed by atoms with Crippen LogP contribution < -0.4 is 5.43 Å². The maximum atomic E-state index is 12.9. The normalized spacial score (nSPS) is 11.3. The second kappa shape index (κ2) is 8.32. The molecule has 0 bridgehead atoms. The molecular weight excluding hydrogens is 374 g/mol. The van der Waals surface area contributed by atoms with E-state index in [0.717, 1.165) is 12.1 Å². The molecule has 3 aromatic carbocycles. The van der Waals surface area contributed by atoms with Crippen LogP contribution in [-0.4, -0.2) is 27.3 Å². The Morgan fingerprint density at radius 3 is 2.07 bits per heavy atom. The molecule has 0 aliphatic heterocycles. The first kappa shape index (κ1) is 19.7. The third-order valence-corrected chi connectivity index (χ3v) is 4.29. The summed E-state index contributed by atoms with van der Waals surface area (Å²) in [6.07, 6.45) is 1.18. The number of amides is 1. The van der Waals surface area contributed by atoms with Gasteiger partial charge in [0.05, 0.1) is 11.1 Å². The number of aromatic hydroxyl groups is 1. The lowest BCUT2D eigenvalue weighted by Crippen LogP contribution is -2.43. The number of nitrogens with zero attached hydrogens (tertiary/aromatic N) is 2. The Morgan fingerprint density at radius 2 is 1.55 bits per heavy atom. The molecule has 3 aromatic rings. The van der Waals surface area contributed by atoms with E-state index in [1.807, 2.05) is 0 Å². The number of hydrogen-bond acceptors (Lipinski definition) is 6. The zero-order valence-electron chi connectivity index (χ0n) is 15.1. The van der Waals surface area contributed by atoms with Crippen molar-refractivity contribution < 1.29 is 19.9 Å². The molecule has 0 unspecified atom stereocenters. The van der Waals surface area contributed by atoms with Crippen molar-refractivity contribution in [2.75, 3.05) is 0 Å². The SMILES string of the molecule is O=C(N/N=C\c1ccc(O)c([N+](=O)[O-])c1)C(O)(c1ccccc1)c1ccccc1. The van der Waals surface area contributed by atoms with Crippen molar-refractivity contribution in [2.45, 2.75) is 5.60 Å². The number of phenols is 1. The van der Waals surface area contributed by atoms with Gasteiger partial charge in [0.2, 0.25) is 0 Å². The van der Waals surface area contributed by atoms with Gasteiger partial charge in [0.1, 0.15) is 0 Å². The second-order valence-corrected chi connectivity index (χ2v) is 6.15. The van der Waals surface area contributed by atoms with E-state index in [1.165, 1.54) is 12.3 Å². The van der Waals surface area contributed by atoms with Gasteiger partial charge in [0.15, 0.2) is 11.4 Å². The van der Waals surface area contributed by atoms with E-state index in [0.29, 0.717) is 11.1 Å². The number of aliphatic hydroxyl groups is 1. The molecule has 146 valence electrons. The summed E-state index contributed by atoms with van der Waals surface area (Å²) in [5.74, 6) is -1.27. The van der Waals surface area contributed by atoms with E-state index >= 15 is 0 Å². The fourth-order valence-electron chi connectivity index (χ4n) is 2.80. The van der Waals surface area contributed by atoms with E-state index in [9.17, 15) is 25.1 Å². The molecular formula is C21H17N3O5. The average molecular weight is 391 g/mol. The summed E-state index contributed by atoms with van der Waals surface area (Å²) in [7, 11) is 0. The first-order valence-corrected chi connectivity index (χ1v) is 8.57. The Hall–Kier alpha value is -4.04. The van der Waals surface area contributed by atoms with E-state index in [-0.39, 0.29) is 5.56 Å². The smallest absolute Gasteiger partial charge is 0.311 e. The predicted molar refractivity (Wildman–Crippen MR) is 106 cm³/mol. The first-order chi connectivity index (χ1) is 13.9. The summed E-state index contributed by atoms with van der Waals surface area (Å²) in [5.41, 5.74) is 0.824. The van der Waals surface area contributed by atoms with E-state index < -0.39 is 27.9 Å².